The Morgan fingerprint density at radius 3 is 2.12 bits per heavy atom. The minimum atomic E-state index is -0.541. The molecule has 0 unspecified atom stereocenters. The Kier molecular flexibility index (Phi) is 1.90. The Balaban J connectivity index is 2.51. The number of fused-ring (bicyclic) bond motifs is 2. The molecular formula is C14H8F2. The molecule has 0 nitrogen and oxygen atoms in total. The third kappa shape index (κ3) is 1.34. The summed E-state index contributed by atoms with van der Waals surface area (Å²) in [6.07, 6.45) is 0. The number of hydrogen-bond acceptors (Lipinski definition) is 0. The van der Waals surface area contributed by atoms with Crippen molar-refractivity contribution >= 4 is 21.5 Å². The summed E-state index contributed by atoms with van der Waals surface area (Å²) in [5, 5.41) is 3.00. The van der Waals surface area contributed by atoms with Crippen molar-refractivity contribution in [2.24, 2.45) is 0 Å². The van der Waals surface area contributed by atoms with E-state index in [0.29, 0.717) is 10.8 Å². The van der Waals surface area contributed by atoms with Crippen LogP contribution >= 0.6 is 0 Å². The largest absolute Gasteiger partial charge is 0.207 e. The van der Waals surface area contributed by atoms with Gasteiger partial charge in [0.2, 0.25) is 0 Å². The Morgan fingerprint density at radius 2 is 1.38 bits per heavy atom. The molecule has 0 aliphatic carbocycles. The van der Waals surface area contributed by atoms with Gasteiger partial charge in [-0.1, -0.05) is 24.3 Å². The van der Waals surface area contributed by atoms with E-state index >= 15 is 0 Å². The maximum absolute atomic E-state index is 13.5. The highest BCUT2D eigenvalue weighted by atomic mass is 19.1. The molecule has 0 spiro atoms. The van der Waals surface area contributed by atoms with Crippen LogP contribution in [0.1, 0.15) is 0 Å². The molecule has 0 aromatic heterocycles. The van der Waals surface area contributed by atoms with Crippen LogP contribution in [0.3, 0.4) is 0 Å². The standard InChI is InChI=1S/C14H8F2/c15-12-6-11-5-9-3-1-2-4-10(9)7-13(11)14(16)8-12/h1-8H. The molecule has 0 radical (unpaired) electrons. The second-order valence-electron chi connectivity index (χ2n) is 3.81. The quantitative estimate of drug-likeness (QED) is 0.490. The molecule has 0 aliphatic rings. The first-order valence-corrected chi connectivity index (χ1v) is 5.01. The van der Waals surface area contributed by atoms with Crippen molar-refractivity contribution in [1.82, 2.24) is 0 Å². The van der Waals surface area contributed by atoms with Crippen LogP contribution in [0.4, 0.5) is 8.78 Å². The maximum Gasteiger partial charge on any atom is 0.133 e. The Bertz CT molecular complexity index is 687. The van der Waals surface area contributed by atoms with E-state index < -0.39 is 11.6 Å². The van der Waals surface area contributed by atoms with Gasteiger partial charge < -0.3 is 0 Å². The normalized spacial score (nSPS) is 11.1. The fraction of sp³-hybridized carbons (Fsp3) is 0. The van der Waals surface area contributed by atoms with Crippen molar-refractivity contribution in [3.8, 4) is 0 Å². The molecule has 2 heteroatoms. The summed E-state index contributed by atoms with van der Waals surface area (Å²) >= 11 is 0. The summed E-state index contributed by atoms with van der Waals surface area (Å²) in [5.74, 6) is -1.05. The molecule has 0 heterocycles. The molecule has 3 aromatic carbocycles. The van der Waals surface area contributed by atoms with E-state index in [1.807, 2.05) is 24.3 Å². The summed E-state index contributed by atoms with van der Waals surface area (Å²) in [7, 11) is 0. The van der Waals surface area contributed by atoms with Gasteiger partial charge in [0.15, 0.2) is 0 Å². The monoisotopic (exact) mass is 214 g/mol. The zero-order chi connectivity index (χ0) is 11.1. The van der Waals surface area contributed by atoms with Gasteiger partial charge in [0.05, 0.1) is 0 Å². The first kappa shape index (κ1) is 9.28. The van der Waals surface area contributed by atoms with Gasteiger partial charge in [-0.2, -0.15) is 0 Å². The van der Waals surface area contributed by atoms with Crippen LogP contribution in [0.5, 0.6) is 0 Å². The smallest absolute Gasteiger partial charge is 0.133 e. The molecule has 0 bridgehead atoms. The van der Waals surface area contributed by atoms with E-state index in [-0.39, 0.29) is 0 Å². The number of rotatable bonds is 0. The van der Waals surface area contributed by atoms with Crippen molar-refractivity contribution in [1.29, 1.82) is 0 Å². The predicted octanol–water partition coefficient (Wildman–Crippen LogP) is 4.27. The third-order valence-electron chi connectivity index (χ3n) is 2.73. The lowest BCUT2D eigenvalue weighted by Gasteiger charge is -2.03. The highest BCUT2D eigenvalue weighted by molar-refractivity contribution is 5.98. The third-order valence-corrected chi connectivity index (χ3v) is 2.73. The van der Waals surface area contributed by atoms with Gasteiger partial charge in [0.25, 0.3) is 0 Å². The lowest BCUT2D eigenvalue weighted by molar-refractivity contribution is 0.592. The number of hydrogen-bond donors (Lipinski definition) is 0. The molecule has 0 saturated heterocycles. The Morgan fingerprint density at radius 1 is 0.688 bits per heavy atom. The highest BCUT2D eigenvalue weighted by Crippen LogP contribution is 2.25. The van der Waals surface area contributed by atoms with E-state index in [4.69, 9.17) is 0 Å². The van der Waals surface area contributed by atoms with E-state index in [9.17, 15) is 8.78 Å². The van der Waals surface area contributed by atoms with Gasteiger partial charge in [0.1, 0.15) is 11.6 Å². The average Bonchev–Trinajstić information content (AvgIpc) is 2.27. The minimum Gasteiger partial charge on any atom is -0.207 e. The molecule has 0 aliphatic heterocycles. The molecule has 0 amide bonds. The van der Waals surface area contributed by atoms with Crippen molar-refractivity contribution < 1.29 is 8.78 Å². The van der Waals surface area contributed by atoms with Gasteiger partial charge in [0, 0.05) is 11.5 Å². The summed E-state index contributed by atoms with van der Waals surface area (Å²) in [5.41, 5.74) is 0. The predicted molar refractivity (Wildman–Crippen MR) is 61.4 cm³/mol. The van der Waals surface area contributed by atoms with Crippen molar-refractivity contribution in [2.75, 3.05) is 0 Å². The lowest BCUT2D eigenvalue weighted by atomic mass is 10.0. The summed E-state index contributed by atoms with van der Waals surface area (Å²) < 4.78 is 26.6. The molecule has 0 N–H and O–H groups in total. The molecule has 0 atom stereocenters. The van der Waals surface area contributed by atoms with Crippen molar-refractivity contribution in [2.45, 2.75) is 0 Å². The molecular weight excluding hydrogens is 206 g/mol. The van der Waals surface area contributed by atoms with E-state index in [1.165, 1.54) is 6.07 Å². The maximum atomic E-state index is 13.5. The van der Waals surface area contributed by atoms with Crippen molar-refractivity contribution in [3.05, 3.63) is 60.2 Å². The number of halogens is 2. The van der Waals surface area contributed by atoms with Crippen LogP contribution in [0.25, 0.3) is 21.5 Å². The topological polar surface area (TPSA) is 0 Å². The molecule has 78 valence electrons. The first-order valence-electron chi connectivity index (χ1n) is 5.01. The van der Waals surface area contributed by atoms with Crippen molar-refractivity contribution in [3.63, 3.8) is 0 Å². The zero-order valence-electron chi connectivity index (χ0n) is 8.37. The highest BCUT2D eigenvalue weighted by Gasteiger charge is 2.05. The fourth-order valence-corrected chi connectivity index (χ4v) is 1.97. The van der Waals surface area contributed by atoms with Gasteiger partial charge >= 0.3 is 0 Å². The van der Waals surface area contributed by atoms with Crippen LogP contribution in [-0.4, -0.2) is 0 Å². The van der Waals surface area contributed by atoms with Crippen LogP contribution in [0.2, 0.25) is 0 Å². The average molecular weight is 214 g/mol. The fourth-order valence-electron chi connectivity index (χ4n) is 1.97. The second kappa shape index (κ2) is 3.27. The van der Waals surface area contributed by atoms with Crippen LogP contribution in [-0.2, 0) is 0 Å². The van der Waals surface area contributed by atoms with Gasteiger partial charge in [-0.15, -0.1) is 0 Å². The van der Waals surface area contributed by atoms with Crippen LogP contribution in [0.15, 0.2) is 48.5 Å². The number of benzene rings is 3. The molecule has 16 heavy (non-hydrogen) atoms. The molecule has 3 rings (SSSR count). The Labute approximate surface area is 91.1 Å². The SMILES string of the molecule is Fc1cc(F)c2cc3ccccc3cc2c1. The van der Waals surface area contributed by atoms with Crippen LogP contribution < -0.4 is 0 Å². The van der Waals surface area contributed by atoms with E-state index in [0.717, 1.165) is 16.8 Å². The lowest BCUT2D eigenvalue weighted by Crippen LogP contribution is -1.84. The molecule has 0 fully saturated rings. The van der Waals surface area contributed by atoms with Crippen LogP contribution in [0, 0.1) is 11.6 Å². The summed E-state index contributed by atoms with van der Waals surface area (Å²) in [6.45, 7) is 0. The van der Waals surface area contributed by atoms with Gasteiger partial charge in [-0.25, -0.2) is 8.78 Å². The minimum absolute atomic E-state index is 0.458. The molecule has 3 aromatic rings. The summed E-state index contributed by atoms with van der Waals surface area (Å²) in [6, 6.07) is 13.5. The first-order chi connectivity index (χ1) is 7.74. The Hall–Kier alpha value is -1.96. The zero-order valence-corrected chi connectivity index (χ0v) is 8.37. The summed E-state index contributed by atoms with van der Waals surface area (Å²) in [4.78, 5) is 0. The van der Waals surface area contributed by atoms with Gasteiger partial charge in [-0.3, -0.25) is 0 Å². The second-order valence-corrected chi connectivity index (χ2v) is 3.81. The van der Waals surface area contributed by atoms with E-state index in [2.05, 4.69) is 0 Å². The van der Waals surface area contributed by atoms with E-state index in [1.54, 1.807) is 12.1 Å². The molecule has 0 saturated carbocycles. The van der Waals surface area contributed by atoms with Gasteiger partial charge in [-0.05, 0) is 34.4 Å².